The fourth-order valence-corrected chi connectivity index (χ4v) is 6.42. The summed E-state index contributed by atoms with van der Waals surface area (Å²) in [6, 6.07) is 7.19. The highest BCUT2D eigenvalue weighted by Gasteiger charge is 2.37. The first-order valence-electron chi connectivity index (χ1n) is 12.7. The summed E-state index contributed by atoms with van der Waals surface area (Å²) in [7, 11) is 0. The van der Waals surface area contributed by atoms with Crippen LogP contribution < -0.4 is 15.5 Å². The molecule has 0 radical (unpaired) electrons. The van der Waals surface area contributed by atoms with Gasteiger partial charge in [0.1, 0.15) is 6.10 Å². The second-order valence-corrected chi connectivity index (χ2v) is 12.2. The van der Waals surface area contributed by atoms with Crippen LogP contribution in [0.4, 0.5) is 5.13 Å². The maximum atomic E-state index is 12.5. The number of morpholine rings is 1. The molecule has 3 aliphatic rings. The molecule has 5 rings (SSSR count). The predicted molar refractivity (Wildman–Crippen MR) is 139 cm³/mol. The van der Waals surface area contributed by atoms with Gasteiger partial charge in [-0.15, -0.1) is 11.3 Å². The number of fused-ring (bicyclic) bond motifs is 1. The van der Waals surface area contributed by atoms with Crippen molar-refractivity contribution in [1.82, 2.24) is 15.6 Å². The van der Waals surface area contributed by atoms with E-state index in [2.05, 4.69) is 66.8 Å². The summed E-state index contributed by atoms with van der Waals surface area (Å²) in [5.74, 6) is 0.0145. The number of nitrogens with zero attached hydrogens (tertiary/aromatic N) is 2. The minimum absolute atomic E-state index is 0.0145. The third-order valence-electron chi connectivity index (χ3n) is 7.97. The second-order valence-electron chi connectivity index (χ2n) is 11.4. The van der Waals surface area contributed by atoms with E-state index in [1.807, 2.05) is 0 Å². The molecule has 1 unspecified atom stereocenters. The number of ether oxygens (including phenoxy) is 1. The Morgan fingerprint density at radius 1 is 1.15 bits per heavy atom. The van der Waals surface area contributed by atoms with Gasteiger partial charge in [0.25, 0.3) is 5.91 Å². The lowest BCUT2D eigenvalue weighted by atomic mass is 9.63. The number of rotatable bonds is 4. The van der Waals surface area contributed by atoms with Gasteiger partial charge in [0, 0.05) is 43.2 Å². The fraction of sp³-hybridized carbons (Fsp3) is 0.630. The zero-order chi connectivity index (χ0) is 23.9. The minimum Gasteiger partial charge on any atom is -0.366 e. The molecular formula is C27H38N4O2S. The Kier molecular flexibility index (Phi) is 6.46. The Morgan fingerprint density at radius 3 is 2.59 bits per heavy atom. The van der Waals surface area contributed by atoms with Crippen LogP contribution >= 0.6 is 11.3 Å². The molecule has 184 valence electrons. The van der Waals surface area contributed by atoms with E-state index in [4.69, 9.17) is 9.72 Å². The van der Waals surface area contributed by atoms with E-state index in [1.165, 1.54) is 29.5 Å². The van der Waals surface area contributed by atoms with E-state index >= 15 is 0 Å². The molecule has 2 saturated heterocycles. The van der Waals surface area contributed by atoms with Crippen molar-refractivity contribution < 1.29 is 9.53 Å². The Morgan fingerprint density at radius 2 is 1.88 bits per heavy atom. The van der Waals surface area contributed by atoms with E-state index in [9.17, 15) is 4.79 Å². The largest absolute Gasteiger partial charge is 0.366 e. The molecular weight excluding hydrogens is 444 g/mol. The number of benzene rings is 1. The maximum absolute atomic E-state index is 12.5. The van der Waals surface area contributed by atoms with Crippen molar-refractivity contribution in [2.75, 3.05) is 37.7 Å². The number of carbonyl (C=O) groups excluding carboxylic acids is 1. The molecule has 1 aromatic carbocycles. The number of hydrogen-bond donors (Lipinski definition) is 2. The molecule has 2 aliphatic heterocycles. The summed E-state index contributed by atoms with van der Waals surface area (Å²) in [5.41, 5.74) is 5.68. The molecule has 3 heterocycles. The summed E-state index contributed by atoms with van der Waals surface area (Å²) in [4.78, 5) is 19.9. The fourth-order valence-electron chi connectivity index (χ4n) is 5.53. The van der Waals surface area contributed by atoms with Gasteiger partial charge in [0.2, 0.25) is 0 Å². The molecule has 2 fully saturated rings. The first kappa shape index (κ1) is 23.8. The topological polar surface area (TPSA) is 66.5 Å². The van der Waals surface area contributed by atoms with Gasteiger partial charge in [0.05, 0.1) is 12.3 Å². The molecule has 1 aliphatic carbocycles. The number of piperidine rings is 1. The highest BCUT2D eigenvalue weighted by molar-refractivity contribution is 7.14. The van der Waals surface area contributed by atoms with Gasteiger partial charge in [-0.05, 0) is 53.7 Å². The molecule has 7 heteroatoms. The molecule has 34 heavy (non-hydrogen) atoms. The molecule has 6 nitrogen and oxygen atoms in total. The molecule has 0 bridgehead atoms. The molecule has 0 saturated carbocycles. The molecule has 0 spiro atoms. The number of hydrogen-bond acceptors (Lipinski definition) is 6. The summed E-state index contributed by atoms with van der Waals surface area (Å²) in [6.45, 7) is 13.3. The van der Waals surface area contributed by atoms with Crippen LogP contribution in [0.3, 0.4) is 0 Å². The third kappa shape index (κ3) is 4.75. The van der Waals surface area contributed by atoms with E-state index in [-0.39, 0.29) is 28.9 Å². The van der Waals surface area contributed by atoms with Crippen molar-refractivity contribution in [2.45, 2.75) is 76.4 Å². The maximum Gasteiger partial charge on any atom is 0.250 e. The molecule has 1 amide bonds. The van der Waals surface area contributed by atoms with E-state index < -0.39 is 0 Å². The zero-order valence-electron chi connectivity index (χ0n) is 20.9. The van der Waals surface area contributed by atoms with Crippen LogP contribution in [0.5, 0.6) is 0 Å². The lowest BCUT2D eigenvalue weighted by Gasteiger charge is -2.42. The zero-order valence-corrected chi connectivity index (χ0v) is 21.8. The van der Waals surface area contributed by atoms with Crippen LogP contribution in [0.25, 0.3) is 11.3 Å². The van der Waals surface area contributed by atoms with Crippen LogP contribution in [0.15, 0.2) is 23.6 Å². The van der Waals surface area contributed by atoms with E-state index in [1.54, 1.807) is 11.3 Å². The first-order valence-corrected chi connectivity index (χ1v) is 13.6. The predicted octanol–water partition coefficient (Wildman–Crippen LogP) is 4.23. The van der Waals surface area contributed by atoms with Crippen LogP contribution in [0.1, 0.15) is 64.5 Å². The van der Waals surface area contributed by atoms with Gasteiger partial charge in [0.15, 0.2) is 5.13 Å². The van der Waals surface area contributed by atoms with E-state index in [0.717, 1.165) is 43.3 Å². The molecule has 2 aromatic rings. The van der Waals surface area contributed by atoms with Crippen molar-refractivity contribution in [3.8, 4) is 11.3 Å². The number of carbonyl (C=O) groups is 1. The third-order valence-corrected chi connectivity index (χ3v) is 8.87. The van der Waals surface area contributed by atoms with Gasteiger partial charge < -0.3 is 20.3 Å². The monoisotopic (exact) mass is 482 g/mol. The summed E-state index contributed by atoms with van der Waals surface area (Å²) >= 11 is 1.73. The Labute approximate surface area is 207 Å². The standard InChI is InChI=1S/C27H38N4O2S/c1-26(2)9-10-27(3,4)21-15-18(5-6-20(21)26)22-17-34-25(30-22)31-12-7-19(8-13-31)29-24(32)23-16-28-11-14-33-23/h5-6,15,17,19,23,28H,7-14,16H2,1-4H3,(H,29,32). The molecule has 2 N–H and O–H groups in total. The lowest BCUT2D eigenvalue weighted by molar-refractivity contribution is -0.135. The van der Waals surface area contributed by atoms with Crippen molar-refractivity contribution in [3.63, 3.8) is 0 Å². The normalized spacial score (nSPS) is 24.5. The average Bonchev–Trinajstić information content (AvgIpc) is 3.33. The quantitative estimate of drug-likeness (QED) is 0.683. The number of anilines is 1. The number of aromatic nitrogens is 1. The van der Waals surface area contributed by atoms with Gasteiger partial charge in [-0.1, -0.05) is 39.8 Å². The molecule has 1 atom stereocenters. The first-order chi connectivity index (χ1) is 16.2. The molecule has 1 aromatic heterocycles. The lowest BCUT2D eigenvalue weighted by Crippen LogP contribution is -2.52. The highest BCUT2D eigenvalue weighted by atomic mass is 32.1. The average molecular weight is 483 g/mol. The smallest absolute Gasteiger partial charge is 0.250 e. The van der Waals surface area contributed by atoms with Crippen LogP contribution in [-0.2, 0) is 20.4 Å². The van der Waals surface area contributed by atoms with Crippen LogP contribution in [0, 0.1) is 0 Å². The number of amides is 1. The highest BCUT2D eigenvalue weighted by Crippen LogP contribution is 2.47. The van der Waals surface area contributed by atoms with Crippen LogP contribution in [0.2, 0.25) is 0 Å². The van der Waals surface area contributed by atoms with Gasteiger partial charge in [-0.25, -0.2) is 4.98 Å². The van der Waals surface area contributed by atoms with E-state index in [0.29, 0.717) is 13.2 Å². The SMILES string of the molecule is CC1(C)CCC(C)(C)c2cc(-c3csc(N4CCC(NC(=O)C5CNCCO5)CC4)n3)ccc21. The van der Waals surface area contributed by atoms with Crippen molar-refractivity contribution in [3.05, 3.63) is 34.7 Å². The van der Waals surface area contributed by atoms with Crippen LogP contribution in [-0.4, -0.2) is 55.8 Å². The Hall–Kier alpha value is -1.96. The van der Waals surface area contributed by atoms with Gasteiger partial charge in [-0.2, -0.15) is 0 Å². The number of thiazole rings is 1. The number of nitrogens with one attached hydrogen (secondary N) is 2. The summed E-state index contributed by atoms with van der Waals surface area (Å²) in [5, 5.41) is 9.68. The van der Waals surface area contributed by atoms with Gasteiger partial charge >= 0.3 is 0 Å². The summed E-state index contributed by atoms with van der Waals surface area (Å²) in [6.07, 6.45) is 3.95. The van der Waals surface area contributed by atoms with Crippen molar-refractivity contribution in [1.29, 1.82) is 0 Å². The van der Waals surface area contributed by atoms with Crippen molar-refractivity contribution >= 4 is 22.4 Å². The minimum atomic E-state index is -0.361. The Bertz CT molecular complexity index is 1030. The second kappa shape index (κ2) is 9.25. The van der Waals surface area contributed by atoms with Crippen molar-refractivity contribution in [2.24, 2.45) is 0 Å². The summed E-state index contributed by atoms with van der Waals surface area (Å²) < 4.78 is 5.58. The Balaban J connectivity index is 1.23. The van der Waals surface area contributed by atoms with Gasteiger partial charge in [-0.3, -0.25) is 4.79 Å².